The number of halogens is 1. The molecule has 256 valence electrons. The normalized spacial score (nSPS) is 16.5. The number of hydrogen-bond donors (Lipinski definition) is 2. The highest BCUT2D eigenvalue weighted by Crippen LogP contribution is 2.39. The van der Waals surface area contributed by atoms with E-state index in [4.69, 9.17) is 26.3 Å². The van der Waals surface area contributed by atoms with Crippen molar-refractivity contribution in [2.24, 2.45) is 0 Å². The molecule has 0 radical (unpaired) electrons. The van der Waals surface area contributed by atoms with Crippen molar-refractivity contribution in [1.29, 1.82) is 0 Å². The summed E-state index contributed by atoms with van der Waals surface area (Å²) in [4.78, 5) is 31.0. The van der Waals surface area contributed by atoms with Crippen LogP contribution in [0.1, 0.15) is 39.2 Å². The quantitative estimate of drug-likeness (QED) is 0.174. The lowest BCUT2D eigenvalue weighted by Gasteiger charge is -2.42. The van der Waals surface area contributed by atoms with Gasteiger partial charge in [0.1, 0.15) is 22.0 Å². The molecule has 3 aromatic heterocycles. The minimum atomic E-state index is 0.366. The Hall–Kier alpha value is -3.65. The zero-order valence-corrected chi connectivity index (χ0v) is 30.3. The monoisotopic (exact) mass is 691 g/mol. The molecule has 0 bridgehead atoms. The van der Waals surface area contributed by atoms with Crippen LogP contribution in [0.2, 0.25) is 5.02 Å². The lowest BCUT2D eigenvalue weighted by molar-refractivity contribution is 0.0981. The molecule has 14 heteroatoms. The number of hydrogen-bond acceptors (Lipinski definition) is 13. The molecule has 2 aliphatic rings. The number of aryl methyl sites for hydroxylation is 1. The molecule has 6 rings (SSSR count). The molecule has 0 unspecified atom stereocenters. The van der Waals surface area contributed by atoms with Gasteiger partial charge in [0.2, 0.25) is 11.8 Å². The van der Waals surface area contributed by atoms with Gasteiger partial charge in [-0.1, -0.05) is 32.4 Å². The van der Waals surface area contributed by atoms with E-state index in [2.05, 4.69) is 78.5 Å². The fourth-order valence-electron chi connectivity index (χ4n) is 6.51. The average molecular weight is 692 g/mol. The molecule has 12 nitrogen and oxygen atoms in total. The van der Waals surface area contributed by atoms with E-state index in [0.29, 0.717) is 39.6 Å². The molecule has 2 saturated heterocycles. The first-order valence-electron chi connectivity index (χ1n) is 16.7. The number of pyridine rings is 1. The van der Waals surface area contributed by atoms with Crippen molar-refractivity contribution in [2.45, 2.75) is 51.3 Å². The highest BCUT2D eigenvalue weighted by Gasteiger charge is 2.29. The maximum atomic E-state index is 6.65. The van der Waals surface area contributed by atoms with Gasteiger partial charge >= 0.3 is 0 Å². The fraction of sp³-hybridized carbons (Fsp3) is 0.500. The van der Waals surface area contributed by atoms with Gasteiger partial charge in [0.15, 0.2) is 5.82 Å². The van der Waals surface area contributed by atoms with Gasteiger partial charge in [0.25, 0.3) is 0 Å². The SMILES string of the molecule is CCc1cc(Nc2ncc(Cl)c(Nc3ccc4nccnc4c3N(C)SC(C)C)n2)c(OC)nc1N1CCC(N2CCN(C)CC2)CC1. The molecule has 0 spiro atoms. The number of benzene rings is 1. The van der Waals surface area contributed by atoms with Crippen molar-refractivity contribution in [3.8, 4) is 5.88 Å². The summed E-state index contributed by atoms with van der Waals surface area (Å²) >= 11 is 8.35. The first kappa shape index (κ1) is 34.2. The number of aromatic nitrogens is 5. The van der Waals surface area contributed by atoms with Crippen LogP contribution < -0.4 is 24.6 Å². The van der Waals surface area contributed by atoms with E-state index in [1.54, 1.807) is 37.6 Å². The number of piperidine rings is 1. The summed E-state index contributed by atoms with van der Waals surface area (Å²) < 4.78 is 7.92. The molecule has 48 heavy (non-hydrogen) atoms. The third-order valence-electron chi connectivity index (χ3n) is 8.98. The number of methoxy groups -OCH3 is 1. The molecule has 1 aromatic carbocycles. The van der Waals surface area contributed by atoms with E-state index in [0.717, 1.165) is 92.3 Å². The van der Waals surface area contributed by atoms with Crippen molar-refractivity contribution in [1.82, 2.24) is 34.7 Å². The van der Waals surface area contributed by atoms with Gasteiger partial charge in [0, 0.05) is 70.0 Å². The van der Waals surface area contributed by atoms with Gasteiger partial charge in [-0.3, -0.25) is 14.9 Å². The number of nitrogens with one attached hydrogen (secondary N) is 2. The van der Waals surface area contributed by atoms with Gasteiger partial charge in [0.05, 0.1) is 30.2 Å². The van der Waals surface area contributed by atoms with Gasteiger partial charge in [-0.15, -0.1) is 0 Å². The Labute approximate surface area is 292 Å². The summed E-state index contributed by atoms with van der Waals surface area (Å²) in [5.41, 5.74) is 5.14. The average Bonchev–Trinajstić information content (AvgIpc) is 3.09. The van der Waals surface area contributed by atoms with Crippen molar-refractivity contribution >= 4 is 69.2 Å². The number of piperazine rings is 1. The molecule has 2 fully saturated rings. The lowest BCUT2D eigenvalue weighted by atomic mass is 10.0. The van der Waals surface area contributed by atoms with Crippen LogP contribution in [0.5, 0.6) is 5.88 Å². The zero-order chi connectivity index (χ0) is 33.8. The Morgan fingerprint density at radius 1 is 1.00 bits per heavy atom. The summed E-state index contributed by atoms with van der Waals surface area (Å²) in [5.74, 6) is 2.33. The number of ether oxygens (including phenoxy) is 1. The molecule has 4 aromatic rings. The Morgan fingerprint density at radius 2 is 1.75 bits per heavy atom. The topological polar surface area (TPSA) is 111 Å². The second kappa shape index (κ2) is 15.3. The molecule has 0 amide bonds. The van der Waals surface area contributed by atoms with Crippen molar-refractivity contribution < 1.29 is 4.74 Å². The molecule has 0 saturated carbocycles. The first-order valence-corrected chi connectivity index (χ1v) is 17.9. The zero-order valence-electron chi connectivity index (χ0n) is 28.7. The van der Waals surface area contributed by atoms with Crippen LogP contribution in [-0.2, 0) is 6.42 Å². The third-order valence-corrected chi connectivity index (χ3v) is 10.2. The smallest absolute Gasteiger partial charge is 0.239 e. The summed E-state index contributed by atoms with van der Waals surface area (Å²) in [6, 6.07) is 6.66. The minimum absolute atomic E-state index is 0.366. The molecule has 5 heterocycles. The van der Waals surface area contributed by atoms with Crippen LogP contribution in [0.3, 0.4) is 0 Å². The number of fused-ring (bicyclic) bond motifs is 1. The van der Waals surface area contributed by atoms with Crippen molar-refractivity contribution in [2.75, 3.05) is 80.3 Å². The highest BCUT2D eigenvalue weighted by atomic mass is 35.5. The second-order valence-corrected chi connectivity index (χ2v) is 14.7. The predicted molar refractivity (Wildman–Crippen MR) is 199 cm³/mol. The molecule has 2 aliphatic heterocycles. The van der Waals surface area contributed by atoms with E-state index in [1.807, 2.05) is 19.2 Å². The lowest BCUT2D eigenvalue weighted by Crippen LogP contribution is -2.52. The van der Waals surface area contributed by atoms with Crippen LogP contribution in [0.15, 0.2) is 36.8 Å². The Morgan fingerprint density at radius 3 is 2.46 bits per heavy atom. The van der Waals surface area contributed by atoms with E-state index in [9.17, 15) is 0 Å². The fourth-order valence-corrected chi connectivity index (χ4v) is 7.57. The largest absolute Gasteiger partial charge is 0.479 e. The summed E-state index contributed by atoms with van der Waals surface area (Å²) in [7, 11) is 5.88. The van der Waals surface area contributed by atoms with Crippen LogP contribution in [-0.4, -0.2) is 106 Å². The molecular formula is C34H46ClN11OS. The molecule has 2 N–H and O–H groups in total. The number of rotatable bonds is 11. The van der Waals surface area contributed by atoms with Crippen molar-refractivity contribution in [3.05, 3.63) is 47.4 Å². The van der Waals surface area contributed by atoms with Crippen LogP contribution in [0, 0.1) is 0 Å². The van der Waals surface area contributed by atoms with Gasteiger partial charge in [-0.25, -0.2) is 4.98 Å². The van der Waals surface area contributed by atoms with Crippen LogP contribution >= 0.6 is 23.5 Å². The molecule has 0 aliphatic carbocycles. The maximum absolute atomic E-state index is 6.65. The summed E-state index contributed by atoms with van der Waals surface area (Å²) in [5, 5.41) is 7.55. The Balaban J connectivity index is 1.22. The summed E-state index contributed by atoms with van der Waals surface area (Å²) in [6.45, 7) is 13.0. The maximum Gasteiger partial charge on any atom is 0.239 e. The van der Waals surface area contributed by atoms with Crippen molar-refractivity contribution in [3.63, 3.8) is 0 Å². The molecular weight excluding hydrogens is 646 g/mol. The van der Waals surface area contributed by atoms with E-state index in [1.165, 1.54) is 0 Å². The summed E-state index contributed by atoms with van der Waals surface area (Å²) in [6.07, 6.45) is 8.11. The van der Waals surface area contributed by atoms with Gasteiger partial charge in [-0.2, -0.15) is 9.97 Å². The molecule has 0 atom stereocenters. The van der Waals surface area contributed by atoms with E-state index in [-0.39, 0.29) is 0 Å². The highest BCUT2D eigenvalue weighted by molar-refractivity contribution is 8.01. The predicted octanol–water partition coefficient (Wildman–Crippen LogP) is 6.24. The number of nitrogens with zero attached hydrogens (tertiary/aromatic N) is 9. The van der Waals surface area contributed by atoms with Gasteiger partial charge < -0.3 is 29.5 Å². The number of likely N-dealkylation sites (N-methyl/N-ethyl adjacent to an activating group) is 1. The second-order valence-electron chi connectivity index (χ2n) is 12.6. The minimum Gasteiger partial charge on any atom is -0.479 e. The van der Waals surface area contributed by atoms with E-state index < -0.39 is 0 Å². The van der Waals surface area contributed by atoms with Gasteiger partial charge in [-0.05, 0) is 62.0 Å². The standard InChI is InChI=1S/C34H46ClN11OS/c1-7-23-20-28(33(47-6)42-32(23)46-14-10-24(11-15-46)45-18-16-43(4)17-19-45)40-34-38-21-25(35)31(41-34)39-27-9-8-26-29(37-13-12-36-26)30(27)44(5)48-22(2)3/h8-9,12-13,20-22,24H,7,10-11,14-19H2,1-6H3,(H2,38,39,40,41). The first-order chi connectivity index (χ1) is 23.2. The Kier molecular flexibility index (Phi) is 10.9. The van der Waals surface area contributed by atoms with E-state index >= 15 is 0 Å². The third kappa shape index (κ3) is 7.64. The van der Waals surface area contributed by atoms with Crippen LogP contribution in [0.4, 0.5) is 34.6 Å². The Bertz CT molecular complexity index is 1710. The number of anilines is 6. The van der Waals surface area contributed by atoms with Crippen LogP contribution in [0.25, 0.3) is 11.0 Å².